The Bertz CT molecular complexity index is 164. The number of carbonyl (C=O) groups excluding carboxylic acids is 1. The predicted octanol–water partition coefficient (Wildman–Crippen LogP) is 1.90. The topological polar surface area (TPSA) is 29.4 Å². The van der Waals surface area contributed by atoms with Crippen molar-refractivity contribution in [3.8, 4) is 0 Å². The molecule has 0 radical (unpaired) electrons. The summed E-state index contributed by atoms with van der Waals surface area (Å²) in [5, 5.41) is 0. The fraction of sp³-hybridized carbons (Fsp3) is 0.875. The molecule has 0 N–H and O–H groups in total. The second-order valence-electron chi connectivity index (χ2n) is 3.29. The average Bonchev–Trinajstić information content (AvgIpc) is 1.84. The minimum atomic E-state index is -0.0127. The third-order valence-electron chi connectivity index (χ3n) is 2.40. The number of nitrogens with zero attached hydrogens (tertiary/aromatic N) is 1. The molecule has 1 aliphatic carbocycles. The second kappa shape index (κ2) is 2.55. The Hall–Kier alpha value is -0.620. The Morgan fingerprint density at radius 3 is 2.60 bits per heavy atom. The van der Waals surface area contributed by atoms with Gasteiger partial charge >= 0.3 is 0 Å². The van der Waals surface area contributed by atoms with Crippen molar-refractivity contribution in [2.24, 2.45) is 10.9 Å². The summed E-state index contributed by atoms with van der Waals surface area (Å²) in [6, 6.07) is 0. The third-order valence-corrected chi connectivity index (χ3v) is 2.40. The Kier molecular flexibility index (Phi) is 1.91. The van der Waals surface area contributed by atoms with Gasteiger partial charge in [0.25, 0.3) is 0 Å². The van der Waals surface area contributed by atoms with Gasteiger partial charge in [-0.3, -0.25) is 0 Å². The molecule has 0 bridgehead atoms. The minimum absolute atomic E-state index is 0.0127. The lowest BCUT2D eigenvalue weighted by Crippen LogP contribution is -2.40. The molecule has 0 saturated heterocycles. The number of hydrogen-bond acceptors (Lipinski definition) is 2. The van der Waals surface area contributed by atoms with Gasteiger partial charge in [0, 0.05) is 0 Å². The van der Waals surface area contributed by atoms with Crippen LogP contribution >= 0.6 is 0 Å². The quantitative estimate of drug-likeness (QED) is 0.424. The zero-order chi connectivity index (χ0) is 7.61. The van der Waals surface area contributed by atoms with E-state index in [2.05, 4.69) is 18.8 Å². The van der Waals surface area contributed by atoms with E-state index in [0.29, 0.717) is 0 Å². The van der Waals surface area contributed by atoms with Gasteiger partial charge in [0.15, 0.2) is 0 Å². The summed E-state index contributed by atoms with van der Waals surface area (Å²) >= 11 is 0. The zero-order valence-electron chi connectivity index (χ0n) is 6.55. The van der Waals surface area contributed by atoms with Gasteiger partial charge in [0.05, 0.1) is 5.54 Å². The van der Waals surface area contributed by atoms with Crippen molar-refractivity contribution in [2.75, 3.05) is 0 Å². The van der Waals surface area contributed by atoms with Crippen LogP contribution in [0.25, 0.3) is 0 Å². The lowest BCUT2D eigenvalue weighted by atomic mass is 9.68. The Balaban J connectivity index is 2.56. The minimum Gasteiger partial charge on any atom is -0.211 e. The van der Waals surface area contributed by atoms with Crippen LogP contribution in [0.1, 0.15) is 33.1 Å². The van der Waals surface area contributed by atoms with E-state index in [9.17, 15) is 4.79 Å². The number of isocyanates is 1. The van der Waals surface area contributed by atoms with Crippen LogP contribution in [-0.2, 0) is 4.79 Å². The van der Waals surface area contributed by atoms with Crippen molar-refractivity contribution in [2.45, 2.75) is 38.6 Å². The molecule has 0 amide bonds. The van der Waals surface area contributed by atoms with Crippen molar-refractivity contribution < 1.29 is 4.79 Å². The molecule has 0 aromatic carbocycles. The van der Waals surface area contributed by atoms with Gasteiger partial charge in [-0.1, -0.05) is 13.8 Å². The molecule has 0 aromatic rings. The molecule has 1 fully saturated rings. The van der Waals surface area contributed by atoms with E-state index >= 15 is 0 Å². The molecule has 0 unspecified atom stereocenters. The van der Waals surface area contributed by atoms with Crippen LogP contribution < -0.4 is 0 Å². The second-order valence-corrected chi connectivity index (χ2v) is 3.29. The largest absolute Gasteiger partial charge is 0.235 e. The summed E-state index contributed by atoms with van der Waals surface area (Å²) < 4.78 is 0. The van der Waals surface area contributed by atoms with E-state index in [-0.39, 0.29) is 5.54 Å². The fourth-order valence-corrected chi connectivity index (χ4v) is 1.79. The molecule has 0 spiro atoms. The third kappa shape index (κ3) is 1.12. The smallest absolute Gasteiger partial charge is 0.211 e. The van der Waals surface area contributed by atoms with Crippen molar-refractivity contribution in [3.05, 3.63) is 0 Å². The number of aliphatic imine (C=N–C) groups is 1. The first-order valence-electron chi connectivity index (χ1n) is 3.81. The summed E-state index contributed by atoms with van der Waals surface area (Å²) in [6.07, 6.45) is 4.77. The van der Waals surface area contributed by atoms with Crippen LogP contribution in [0.5, 0.6) is 0 Å². The molecule has 10 heavy (non-hydrogen) atoms. The van der Waals surface area contributed by atoms with Crippen molar-refractivity contribution in [1.82, 2.24) is 0 Å². The normalized spacial score (nSPS) is 38.0. The molecule has 1 rings (SSSR count). The lowest BCUT2D eigenvalue weighted by Gasteiger charge is -2.41. The zero-order valence-corrected chi connectivity index (χ0v) is 6.55. The summed E-state index contributed by atoms with van der Waals surface area (Å²) in [6.45, 7) is 4.26. The molecule has 0 heterocycles. The van der Waals surface area contributed by atoms with Crippen molar-refractivity contribution >= 4 is 6.08 Å². The molecule has 2 heteroatoms. The van der Waals surface area contributed by atoms with E-state index in [4.69, 9.17) is 0 Å². The lowest BCUT2D eigenvalue weighted by molar-refractivity contribution is 0.160. The van der Waals surface area contributed by atoms with Gasteiger partial charge in [0.1, 0.15) is 0 Å². The maximum Gasteiger partial charge on any atom is 0.235 e. The summed E-state index contributed by atoms with van der Waals surface area (Å²) in [7, 11) is 0. The van der Waals surface area contributed by atoms with E-state index in [1.54, 1.807) is 6.08 Å². The molecule has 0 aliphatic heterocycles. The van der Waals surface area contributed by atoms with E-state index < -0.39 is 0 Å². The molecular weight excluding hydrogens is 126 g/mol. The summed E-state index contributed by atoms with van der Waals surface area (Å²) in [5.41, 5.74) is -0.0127. The Labute approximate surface area is 61.3 Å². The van der Waals surface area contributed by atoms with Crippen LogP contribution in [0.4, 0.5) is 0 Å². The fourth-order valence-electron chi connectivity index (χ4n) is 1.79. The van der Waals surface area contributed by atoms with Gasteiger partial charge in [-0.25, -0.2) is 4.79 Å². The van der Waals surface area contributed by atoms with Crippen LogP contribution in [0, 0.1) is 5.92 Å². The van der Waals surface area contributed by atoms with Gasteiger partial charge in [-0.05, 0) is 25.2 Å². The maximum absolute atomic E-state index is 9.99. The van der Waals surface area contributed by atoms with Gasteiger partial charge in [0.2, 0.25) is 6.08 Å². The van der Waals surface area contributed by atoms with Gasteiger partial charge < -0.3 is 0 Å². The van der Waals surface area contributed by atoms with Crippen LogP contribution in [0.15, 0.2) is 4.99 Å². The van der Waals surface area contributed by atoms with Crippen LogP contribution in [0.2, 0.25) is 0 Å². The van der Waals surface area contributed by atoms with Crippen molar-refractivity contribution in [3.63, 3.8) is 0 Å². The van der Waals surface area contributed by atoms with Crippen molar-refractivity contribution in [1.29, 1.82) is 0 Å². The molecule has 1 saturated carbocycles. The van der Waals surface area contributed by atoms with Crippen LogP contribution in [-0.4, -0.2) is 11.6 Å². The highest BCUT2D eigenvalue weighted by atomic mass is 16.1. The molecule has 2 nitrogen and oxygen atoms in total. The van der Waals surface area contributed by atoms with Crippen LogP contribution in [0.3, 0.4) is 0 Å². The monoisotopic (exact) mass is 139 g/mol. The Morgan fingerprint density at radius 1 is 1.70 bits per heavy atom. The molecular formula is C8H13NO. The first-order valence-corrected chi connectivity index (χ1v) is 3.81. The number of hydrogen-bond donors (Lipinski definition) is 0. The molecule has 1 aliphatic rings. The maximum atomic E-state index is 9.99. The van der Waals surface area contributed by atoms with Gasteiger partial charge in [-0.2, -0.15) is 4.99 Å². The summed E-state index contributed by atoms with van der Waals surface area (Å²) in [4.78, 5) is 13.8. The first kappa shape index (κ1) is 7.49. The molecule has 56 valence electrons. The van der Waals surface area contributed by atoms with Gasteiger partial charge in [-0.15, -0.1) is 0 Å². The Morgan fingerprint density at radius 2 is 2.30 bits per heavy atom. The highest BCUT2D eigenvalue weighted by Crippen LogP contribution is 2.42. The van der Waals surface area contributed by atoms with E-state index in [1.165, 1.54) is 0 Å². The predicted molar refractivity (Wildman–Crippen MR) is 39.5 cm³/mol. The van der Waals surface area contributed by atoms with E-state index in [1.807, 2.05) is 0 Å². The highest BCUT2D eigenvalue weighted by Gasteiger charge is 2.40. The SMILES string of the molecule is CCC1(N=C=O)CC(C)C1. The molecule has 0 aromatic heterocycles. The number of rotatable bonds is 2. The standard InChI is InChI=1S/C8H13NO/c1-3-8(9-6-10)4-7(2)5-8/h7H,3-5H2,1-2H3. The molecule has 0 atom stereocenters. The summed E-state index contributed by atoms with van der Waals surface area (Å²) in [5.74, 6) is 0.747. The highest BCUT2D eigenvalue weighted by molar-refractivity contribution is 5.35. The first-order chi connectivity index (χ1) is 4.72. The average molecular weight is 139 g/mol. The van der Waals surface area contributed by atoms with E-state index in [0.717, 1.165) is 25.2 Å².